The molecule has 0 radical (unpaired) electrons. The van der Waals surface area contributed by atoms with E-state index < -0.39 is 6.10 Å². The van der Waals surface area contributed by atoms with Crippen molar-refractivity contribution in [1.82, 2.24) is 9.80 Å². The van der Waals surface area contributed by atoms with Crippen molar-refractivity contribution in [3.63, 3.8) is 0 Å². The zero-order chi connectivity index (χ0) is 66.1. The number of esters is 4. The van der Waals surface area contributed by atoms with E-state index in [0.717, 1.165) is 76.1 Å². The molecule has 0 saturated heterocycles. The Morgan fingerprint density at radius 1 is 0.506 bits per heavy atom. The van der Waals surface area contributed by atoms with E-state index in [1.54, 1.807) is 33.1 Å². The monoisotopic (exact) mass is 1210 g/mol. The first-order valence-corrected chi connectivity index (χ1v) is 33.7. The predicted octanol–water partition coefficient (Wildman–Crippen LogP) is 17.6. The molecule has 0 rings (SSSR count). The molecular weight excluding hydrogens is 1070 g/mol. The molecule has 1 amide bonds. The Kier molecular flexibility index (Phi) is 102. The molecule has 0 aromatic rings. The summed E-state index contributed by atoms with van der Waals surface area (Å²) in [6.45, 7) is 37.7. The maximum Gasteiger partial charge on any atom is 0.309 e. The highest BCUT2D eigenvalue weighted by Crippen LogP contribution is 2.18. The topological polar surface area (TPSA) is 181 Å². The number of aldehydes is 2. The summed E-state index contributed by atoms with van der Waals surface area (Å²) in [5, 5.41) is 0.104. The molecular formula is C67H140N2O13S. The van der Waals surface area contributed by atoms with Crippen LogP contribution in [0.3, 0.4) is 0 Å². The molecule has 0 heterocycles. The Morgan fingerprint density at radius 2 is 0.952 bits per heavy atom. The summed E-state index contributed by atoms with van der Waals surface area (Å²) >= 11 is 1.34. The second kappa shape index (κ2) is 85.4. The smallest absolute Gasteiger partial charge is 0.309 e. The van der Waals surface area contributed by atoms with Gasteiger partial charge in [0.15, 0.2) is 6.10 Å². The van der Waals surface area contributed by atoms with E-state index >= 15 is 0 Å². The van der Waals surface area contributed by atoms with Gasteiger partial charge < -0.3 is 47.8 Å². The van der Waals surface area contributed by atoms with Crippen LogP contribution in [0.15, 0.2) is 0 Å². The molecule has 0 fully saturated rings. The van der Waals surface area contributed by atoms with Gasteiger partial charge in [-0.1, -0.05) is 226 Å². The standard InChI is InChI=1S/C23H42O6.C15H30O4.C9H17NO2S.C7H14O.C3H9N.2C3H8.2C2H6/c1-6-10-11-12-13-15-19(9-4)23(26)28-17-20(29-21(24)14-7-2)16-27-22(25)18(5)8-3;1-5-6-7-8-9-10-13(2)15(16)19-12-14(18-4)11-17-3;1-3-8-13-9(12)10(2)6-4-5-7-11;1-3-4-5-7(2)6-8;1-4(2)3;2*1-3-2;2*1-2/h18-20H,6-17H2,1-5H3;13-14H,5-12H2,1-4H3;7H,3-6,8H2,1-2H3;6-7H,3-5H2,1-2H3;1-3H3;2*3H2,1-2H3;2*1-2H3. The molecule has 6 atom stereocenters. The molecule has 0 aromatic carbocycles. The van der Waals surface area contributed by atoms with Gasteiger partial charge in [-0.25, -0.2) is 0 Å². The third-order valence-corrected chi connectivity index (χ3v) is 12.3. The summed E-state index contributed by atoms with van der Waals surface area (Å²) in [5.41, 5.74) is 0. The van der Waals surface area contributed by atoms with Crippen LogP contribution >= 0.6 is 11.8 Å². The van der Waals surface area contributed by atoms with Gasteiger partial charge in [-0.2, -0.15) is 0 Å². The molecule has 0 aliphatic carbocycles. The number of rotatable bonds is 39. The van der Waals surface area contributed by atoms with E-state index in [1.807, 2.05) is 95.3 Å². The summed E-state index contributed by atoms with van der Waals surface area (Å²) < 4.78 is 31.4. The van der Waals surface area contributed by atoms with Crippen LogP contribution in [0.2, 0.25) is 0 Å². The number of hydrogen-bond donors (Lipinski definition) is 0. The second-order valence-corrected chi connectivity index (χ2v) is 21.7. The van der Waals surface area contributed by atoms with Gasteiger partial charge in [0.1, 0.15) is 38.5 Å². The highest BCUT2D eigenvalue weighted by Gasteiger charge is 2.24. The van der Waals surface area contributed by atoms with Gasteiger partial charge in [0.25, 0.3) is 5.24 Å². The van der Waals surface area contributed by atoms with Crippen molar-refractivity contribution < 1.29 is 62.0 Å². The van der Waals surface area contributed by atoms with Crippen LogP contribution in [0.5, 0.6) is 0 Å². The van der Waals surface area contributed by atoms with E-state index in [4.69, 9.17) is 28.4 Å². The van der Waals surface area contributed by atoms with Crippen LogP contribution in [0.25, 0.3) is 0 Å². The Morgan fingerprint density at radius 3 is 1.35 bits per heavy atom. The van der Waals surface area contributed by atoms with Gasteiger partial charge in [-0.3, -0.25) is 24.0 Å². The first kappa shape index (κ1) is 99.0. The Labute approximate surface area is 518 Å². The minimum Gasteiger partial charge on any atom is -0.463 e. The Bertz CT molecular complexity index is 1320. The lowest BCUT2D eigenvalue weighted by atomic mass is 9.98. The average molecular weight is 1210 g/mol. The van der Waals surface area contributed by atoms with Crippen molar-refractivity contribution >= 4 is 53.5 Å². The van der Waals surface area contributed by atoms with Crippen molar-refractivity contribution in [2.24, 2.45) is 23.7 Å². The van der Waals surface area contributed by atoms with E-state index in [2.05, 4.69) is 48.5 Å². The summed E-state index contributed by atoms with van der Waals surface area (Å²) in [5.74, 6) is -0.368. The molecule has 0 bridgehead atoms. The van der Waals surface area contributed by atoms with Crippen LogP contribution < -0.4 is 0 Å². The van der Waals surface area contributed by atoms with E-state index in [1.165, 1.54) is 82.4 Å². The van der Waals surface area contributed by atoms with Crippen LogP contribution in [0, 0.1) is 23.7 Å². The molecule has 0 aliphatic rings. The Balaban J connectivity index is -0.000000124. The van der Waals surface area contributed by atoms with Crippen molar-refractivity contribution in [1.29, 1.82) is 0 Å². The number of hydrogen-bond acceptors (Lipinski definition) is 15. The van der Waals surface area contributed by atoms with Gasteiger partial charge in [-0.05, 0) is 72.5 Å². The summed E-state index contributed by atoms with van der Waals surface area (Å²) in [6, 6.07) is 0. The lowest BCUT2D eigenvalue weighted by Crippen LogP contribution is -2.32. The number of nitrogens with zero attached hydrogens (tertiary/aromatic N) is 2. The summed E-state index contributed by atoms with van der Waals surface area (Å²) in [7, 11) is 11.0. The summed E-state index contributed by atoms with van der Waals surface area (Å²) in [4.78, 5) is 83.0. The van der Waals surface area contributed by atoms with Crippen LogP contribution in [-0.4, -0.2) is 145 Å². The van der Waals surface area contributed by atoms with E-state index in [-0.39, 0.29) is 85.1 Å². The molecule has 83 heavy (non-hydrogen) atoms. The zero-order valence-electron chi connectivity index (χ0n) is 58.9. The molecule has 0 N–H and O–H groups in total. The zero-order valence-corrected chi connectivity index (χ0v) is 59.8. The maximum absolute atomic E-state index is 12.4. The average Bonchev–Trinajstić information content (AvgIpc) is 3.47. The third-order valence-electron chi connectivity index (χ3n) is 11.1. The molecule has 502 valence electrons. The van der Waals surface area contributed by atoms with Crippen molar-refractivity contribution in [3.05, 3.63) is 0 Å². The third kappa shape index (κ3) is 87.8. The molecule has 0 aromatic heterocycles. The van der Waals surface area contributed by atoms with Gasteiger partial charge in [-0.15, -0.1) is 0 Å². The van der Waals surface area contributed by atoms with Crippen molar-refractivity contribution in [2.45, 2.75) is 291 Å². The normalized spacial score (nSPS) is 11.9. The number of thioether (sulfide) groups is 1. The molecule has 0 saturated carbocycles. The van der Waals surface area contributed by atoms with Gasteiger partial charge >= 0.3 is 23.9 Å². The lowest BCUT2D eigenvalue weighted by molar-refractivity contribution is -0.169. The molecule has 0 spiro atoms. The largest absolute Gasteiger partial charge is 0.463 e. The number of amides is 1. The minimum atomic E-state index is -0.770. The fourth-order valence-electron chi connectivity index (χ4n) is 6.08. The molecule has 16 heteroatoms. The van der Waals surface area contributed by atoms with Crippen LogP contribution in [0.1, 0.15) is 279 Å². The number of carbonyl (C=O) groups excluding carboxylic acids is 7. The summed E-state index contributed by atoms with van der Waals surface area (Å²) in [6.07, 6.45) is 25.1. The predicted molar refractivity (Wildman–Crippen MR) is 355 cm³/mol. The second-order valence-electron chi connectivity index (χ2n) is 20.6. The molecule has 0 aliphatic heterocycles. The number of ether oxygens (including phenoxy) is 6. The van der Waals surface area contributed by atoms with E-state index in [0.29, 0.717) is 32.4 Å². The van der Waals surface area contributed by atoms with Crippen LogP contribution in [0.4, 0.5) is 4.79 Å². The van der Waals surface area contributed by atoms with E-state index in [9.17, 15) is 33.6 Å². The maximum atomic E-state index is 12.4. The first-order valence-electron chi connectivity index (χ1n) is 32.7. The number of methoxy groups -OCH3 is 2. The quantitative estimate of drug-likeness (QED) is 0.0245. The van der Waals surface area contributed by atoms with Gasteiger partial charge in [0.2, 0.25) is 0 Å². The molecule has 6 unspecified atom stereocenters. The highest BCUT2D eigenvalue weighted by molar-refractivity contribution is 8.13. The number of carbonyl (C=O) groups is 7. The molecule has 15 nitrogen and oxygen atoms in total. The fraction of sp³-hybridized carbons (Fsp3) is 0.896. The SMILES string of the molecule is CC.CC.CCC.CCC.CCCCC(C)C=O.CCCCCCCC(C)C(=O)OCC(COC)OC.CCCCCCCC(CC)C(=O)OCC(COC(=O)C(C)CC)OC(=O)CCC.CCCSC(=O)N(C)CCCC=O.CN(C)C. The van der Waals surface area contributed by atoms with Crippen LogP contribution in [-0.2, 0) is 57.2 Å². The van der Waals surface area contributed by atoms with Gasteiger partial charge in [0, 0.05) is 52.3 Å². The first-order chi connectivity index (χ1) is 39.6. The van der Waals surface area contributed by atoms with Crippen molar-refractivity contribution in [3.8, 4) is 0 Å². The fourth-order valence-corrected chi connectivity index (χ4v) is 6.77. The minimum absolute atomic E-state index is 0.0262. The lowest BCUT2D eigenvalue weighted by Gasteiger charge is -2.20. The highest BCUT2D eigenvalue weighted by atomic mass is 32.2. The van der Waals surface area contributed by atoms with Crippen molar-refractivity contribution in [2.75, 3.05) is 81.1 Å². The number of unbranched alkanes of at least 4 members (excludes halogenated alkanes) is 10. The van der Waals surface area contributed by atoms with Gasteiger partial charge in [0.05, 0.1) is 24.4 Å². The Hall–Kier alpha value is -3.08.